The summed E-state index contributed by atoms with van der Waals surface area (Å²) in [6.45, 7) is 0.259. The highest BCUT2D eigenvalue weighted by molar-refractivity contribution is 5.93. The third-order valence-corrected chi connectivity index (χ3v) is 3.80. The predicted molar refractivity (Wildman–Crippen MR) is 85.6 cm³/mol. The maximum Gasteiger partial charge on any atom is 0.231 e. The smallest absolute Gasteiger partial charge is 0.231 e. The SMILES string of the molecule is O=C(CCc1ccc2c(c1)OCO2)Nc1ccc2cn[nH]c2c1. The minimum absolute atomic E-state index is 0.0264. The molecule has 0 spiro atoms. The number of anilines is 1. The number of aromatic amines is 1. The summed E-state index contributed by atoms with van der Waals surface area (Å²) in [4.78, 5) is 12.1. The Morgan fingerprint density at radius 1 is 1.17 bits per heavy atom. The van der Waals surface area contributed by atoms with Gasteiger partial charge in [-0.1, -0.05) is 6.07 Å². The van der Waals surface area contributed by atoms with Crippen molar-refractivity contribution in [3.63, 3.8) is 0 Å². The van der Waals surface area contributed by atoms with Crippen LogP contribution in [0, 0.1) is 0 Å². The normalized spacial score (nSPS) is 12.5. The van der Waals surface area contributed by atoms with Crippen LogP contribution in [-0.2, 0) is 11.2 Å². The van der Waals surface area contributed by atoms with Crippen molar-refractivity contribution >= 4 is 22.5 Å². The standard InChI is InChI=1S/C17H15N3O3/c21-17(19-13-4-3-12-9-18-20-14(12)8-13)6-2-11-1-5-15-16(7-11)23-10-22-15/h1,3-5,7-9H,2,6,10H2,(H,18,20)(H,19,21). The number of nitrogens with one attached hydrogen (secondary N) is 2. The Morgan fingerprint density at radius 3 is 3.04 bits per heavy atom. The third kappa shape index (κ3) is 2.83. The number of nitrogens with zero attached hydrogens (tertiary/aromatic N) is 1. The first kappa shape index (κ1) is 13.6. The van der Waals surface area contributed by atoms with E-state index in [0.717, 1.165) is 33.7 Å². The van der Waals surface area contributed by atoms with Gasteiger partial charge in [0.25, 0.3) is 0 Å². The first-order valence-corrected chi connectivity index (χ1v) is 7.39. The summed E-state index contributed by atoms with van der Waals surface area (Å²) < 4.78 is 10.6. The van der Waals surface area contributed by atoms with Crippen LogP contribution in [0.25, 0.3) is 10.9 Å². The van der Waals surface area contributed by atoms with Crippen molar-refractivity contribution in [3.8, 4) is 11.5 Å². The number of hydrogen-bond donors (Lipinski definition) is 2. The molecule has 4 rings (SSSR count). The number of hydrogen-bond acceptors (Lipinski definition) is 4. The van der Waals surface area contributed by atoms with Crippen LogP contribution >= 0.6 is 0 Å². The Morgan fingerprint density at radius 2 is 2.09 bits per heavy atom. The van der Waals surface area contributed by atoms with Gasteiger partial charge in [-0.15, -0.1) is 0 Å². The lowest BCUT2D eigenvalue weighted by atomic mass is 10.1. The Balaban J connectivity index is 1.38. The summed E-state index contributed by atoms with van der Waals surface area (Å²) >= 11 is 0. The van der Waals surface area contributed by atoms with E-state index in [1.165, 1.54) is 0 Å². The molecule has 3 aromatic rings. The molecule has 6 heteroatoms. The van der Waals surface area contributed by atoms with Crippen molar-refractivity contribution < 1.29 is 14.3 Å². The molecule has 0 saturated heterocycles. The molecular formula is C17H15N3O3. The van der Waals surface area contributed by atoms with E-state index in [1.807, 2.05) is 36.4 Å². The van der Waals surface area contributed by atoms with E-state index in [4.69, 9.17) is 9.47 Å². The van der Waals surface area contributed by atoms with Crippen molar-refractivity contribution in [1.82, 2.24) is 10.2 Å². The molecule has 0 atom stereocenters. The molecule has 23 heavy (non-hydrogen) atoms. The van der Waals surface area contributed by atoms with E-state index in [9.17, 15) is 4.79 Å². The van der Waals surface area contributed by atoms with Crippen LogP contribution in [0.5, 0.6) is 11.5 Å². The van der Waals surface area contributed by atoms with Gasteiger partial charge < -0.3 is 14.8 Å². The van der Waals surface area contributed by atoms with E-state index < -0.39 is 0 Å². The number of fused-ring (bicyclic) bond motifs is 2. The minimum atomic E-state index is -0.0264. The van der Waals surface area contributed by atoms with Crippen LogP contribution in [0.1, 0.15) is 12.0 Å². The van der Waals surface area contributed by atoms with E-state index in [-0.39, 0.29) is 12.7 Å². The summed E-state index contributed by atoms with van der Waals surface area (Å²) in [6, 6.07) is 11.4. The van der Waals surface area contributed by atoms with Gasteiger partial charge >= 0.3 is 0 Å². The number of carbonyl (C=O) groups excluding carboxylic acids is 1. The highest BCUT2D eigenvalue weighted by atomic mass is 16.7. The molecule has 2 N–H and O–H groups in total. The molecule has 1 aromatic heterocycles. The fourth-order valence-corrected chi connectivity index (χ4v) is 2.59. The zero-order valence-electron chi connectivity index (χ0n) is 12.3. The van der Waals surface area contributed by atoms with E-state index in [0.29, 0.717) is 12.8 Å². The Labute approximate surface area is 132 Å². The molecule has 116 valence electrons. The maximum absolute atomic E-state index is 12.1. The molecule has 1 amide bonds. The summed E-state index contributed by atoms with van der Waals surface area (Å²) in [5.41, 5.74) is 2.71. The first-order chi connectivity index (χ1) is 11.3. The van der Waals surface area contributed by atoms with E-state index in [2.05, 4.69) is 15.5 Å². The third-order valence-electron chi connectivity index (χ3n) is 3.80. The zero-order valence-corrected chi connectivity index (χ0v) is 12.3. The molecule has 1 aliphatic heterocycles. The summed E-state index contributed by atoms with van der Waals surface area (Å²) in [6.07, 6.45) is 2.80. The van der Waals surface area contributed by atoms with Gasteiger partial charge in [-0.2, -0.15) is 5.10 Å². The number of benzene rings is 2. The highest BCUT2D eigenvalue weighted by Crippen LogP contribution is 2.32. The number of amides is 1. The fourth-order valence-electron chi connectivity index (χ4n) is 2.59. The number of rotatable bonds is 4. The van der Waals surface area contributed by atoms with Crippen LogP contribution in [0.15, 0.2) is 42.6 Å². The van der Waals surface area contributed by atoms with E-state index >= 15 is 0 Å². The summed E-state index contributed by atoms with van der Waals surface area (Å²) in [7, 11) is 0. The number of carbonyl (C=O) groups is 1. The Kier molecular flexibility index (Phi) is 3.34. The Hall–Kier alpha value is -3.02. The van der Waals surface area contributed by atoms with Crippen molar-refractivity contribution in [2.24, 2.45) is 0 Å². The molecule has 0 radical (unpaired) electrons. The second kappa shape index (κ2) is 5.64. The molecular weight excluding hydrogens is 294 g/mol. The largest absolute Gasteiger partial charge is 0.454 e. The zero-order chi connectivity index (χ0) is 15.6. The van der Waals surface area contributed by atoms with Crippen LogP contribution in [0.3, 0.4) is 0 Å². The van der Waals surface area contributed by atoms with Gasteiger partial charge in [0, 0.05) is 17.5 Å². The molecule has 0 unspecified atom stereocenters. The maximum atomic E-state index is 12.1. The predicted octanol–water partition coefficient (Wildman–Crippen LogP) is 2.86. The number of H-pyrrole nitrogens is 1. The van der Waals surface area contributed by atoms with Crippen LogP contribution in [0.4, 0.5) is 5.69 Å². The van der Waals surface area contributed by atoms with Crippen LogP contribution < -0.4 is 14.8 Å². The van der Waals surface area contributed by atoms with Gasteiger partial charge in [0.05, 0.1) is 11.7 Å². The summed E-state index contributed by atoms with van der Waals surface area (Å²) in [5.74, 6) is 1.47. The molecule has 1 aliphatic rings. The van der Waals surface area contributed by atoms with Gasteiger partial charge in [-0.3, -0.25) is 9.89 Å². The number of ether oxygens (including phenoxy) is 2. The number of aryl methyl sites for hydroxylation is 1. The topological polar surface area (TPSA) is 76.2 Å². The van der Waals surface area contributed by atoms with Crippen LogP contribution in [-0.4, -0.2) is 22.9 Å². The molecule has 0 aliphatic carbocycles. The van der Waals surface area contributed by atoms with Gasteiger partial charge in [-0.25, -0.2) is 0 Å². The minimum Gasteiger partial charge on any atom is -0.454 e. The van der Waals surface area contributed by atoms with Gasteiger partial charge in [0.2, 0.25) is 12.7 Å². The molecule has 6 nitrogen and oxygen atoms in total. The lowest BCUT2D eigenvalue weighted by molar-refractivity contribution is -0.116. The quantitative estimate of drug-likeness (QED) is 0.777. The number of aromatic nitrogens is 2. The molecule has 0 fully saturated rings. The van der Waals surface area contributed by atoms with Crippen molar-refractivity contribution in [2.45, 2.75) is 12.8 Å². The van der Waals surface area contributed by atoms with Crippen molar-refractivity contribution in [2.75, 3.05) is 12.1 Å². The summed E-state index contributed by atoms with van der Waals surface area (Å²) in [5, 5.41) is 10.8. The highest BCUT2D eigenvalue weighted by Gasteiger charge is 2.13. The second-order valence-corrected chi connectivity index (χ2v) is 5.41. The molecule has 2 heterocycles. The monoisotopic (exact) mass is 309 g/mol. The average molecular weight is 309 g/mol. The van der Waals surface area contributed by atoms with Gasteiger partial charge in [-0.05, 0) is 42.3 Å². The molecule has 0 bridgehead atoms. The van der Waals surface area contributed by atoms with Crippen molar-refractivity contribution in [1.29, 1.82) is 0 Å². The first-order valence-electron chi connectivity index (χ1n) is 7.39. The van der Waals surface area contributed by atoms with E-state index in [1.54, 1.807) is 6.20 Å². The fraction of sp³-hybridized carbons (Fsp3) is 0.176. The van der Waals surface area contributed by atoms with Gasteiger partial charge in [0.15, 0.2) is 11.5 Å². The van der Waals surface area contributed by atoms with Crippen LogP contribution in [0.2, 0.25) is 0 Å². The molecule has 2 aromatic carbocycles. The van der Waals surface area contributed by atoms with Crippen molar-refractivity contribution in [3.05, 3.63) is 48.2 Å². The lowest BCUT2D eigenvalue weighted by Gasteiger charge is -2.06. The Bertz CT molecular complexity index is 872. The van der Waals surface area contributed by atoms with Gasteiger partial charge in [0.1, 0.15) is 0 Å². The second-order valence-electron chi connectivity index (χ2n) is 5.41. The average Bonchev–Trinajstić information content (AvgIpc) is 3.20. The lowest BCUT2D eigenvalue weighted by Crippen LogP contribution is -2.12. The molecule has 0 saturated carbocycles.